The minimum absolute atomic E-state index is 0.166. The standard InChI is InChI=1S/C23H23N3O2S/c1-23(25-24-20(29-23)15-7-3-2-4-8-15)16-11-13-17(14-12-16)26-21(27)18-9-5-6-10-19(18)22(26)28/h2-4,7-8,11-14,25,27-28H,5-6,9-10H2,1H3. The molecule has 0 spiro atoms. The lowest BCUT2D eigenvalue weighted by atomic mass is 9.95. The SMILES string of the molecule is CC1(c2ccc(-n3c(O)c4c(c3O)CCCC4)cc2)NN=C(c2ccccc2)S1. The summed E-state index contributed by atoms with van der Waals surface area (Å²) in [5.41, 5.74) is 7.97. The molecule has 2 heterocycles. The molecule has 1 aliphatic heterocycles. The van der Waals surface area contributed by atoms with Crippen LogP contribution < -0.4 is 5.43 Å². The number of aromatic nitrogens is 1. The van der Waals surface area contributed by atoms with E-state index in [1.54, 1.807) is 16.3 Å². The molecule has 0 saturated carbocycles. The van der Waals surface area contributed by atoms with Gasteiger partial charge in [0.05, 0.1) is 5.69 Å². The summed E-state index contributed by atoms with van der Waals surface area (Å²) in [7, 11) is 0. The fourth-order valence-corrected chi connectivity index (χ4v) is 5.24. The first kappa shape index (κ1) is 18.2. The van der Waals surface area contributed by atoms with Crippen molar-refractivity contribution in [1.82, 2.24) is 9.99 Å². The van der Waals surface area contributed by atoms with Crippen molar-refractivity contribution in [3.63, 3.8) is 0 Å². The molecule has 2 aromatic carbocycles. The minimum atomic E-state index is -0.371. The second kappa shape index (κ2) is 6.88. The zero-order valence-electron chi connectivity index (χ0n) is 16.2. The molecular formula is C23H23N3O2S. The monoisotopic (exact) mass is 405 g/mol. The summed E-state index contributed by atoms with van der Waals surface area (Å²) >= 11 is 1.68. The second-order valence-electron chi connectivity index (χ2n) is 7.72. The van der Waals surface area contributed by atoms with Gasteiger partial charge in [0.15, 0.2) is 0 Å². The Morgan fingerprint density at radius 2 is 1.55 bits per heavy atom. The normalized spacial score (nSPS) is 20.8. The molecule has 0 amide bonds. The predicted molar refractivity (Wildman–Crippen MR) is 117 cm³/mol. The molecule has 0 radical (unpaired) electrons. The Morgan fingerprint density at radius 3 is 2.17 bits per heavy atom. The number of hydrogen-bond acceptors (Lipinski definition) is 5. The van der Waals surface area contributed by atoms with Crippen molar-refractivity contribution >= 4 is 16.8 Å². The van der Waals surface area contributed by atoms with E-state index in [1.165, 1.54) is 0 Å². The summed E-state index contributed by atoms with van der Waals surface area (Å²) in [5, 5.41) is 26.8. The molecule has 148 valence electrons. The fraction of sp³-hybridized carbons (Fsp3) is 0.261. The molecule has 5 nitrogen and oxygen atoms in total. The summed E-state index contributed by atoms with van der Waals surface area (Å²) in [4.78, 5) is -0.371. The fourth-order valence-electron chi connectivity index (χ4n) is 4.17. The molecule has 29 heavy (non-hydrogen) atoms. The Hall–Kier alpha value is -2.86. The first-order valence-corrected chi connectivity index (χ1v) is 10.7. The summed E-state index contributed by atoms with van der Waals surface area (Å²) in [5.74, 6) is 0.332. The van der Waals surface area contributed by atoms with Gasteiger partial charge in [-0.2, -0.15) is 5.10 Å². The maximum Gasteiger partial charge on any atom is 0.202 e. The summed E-state index contributed by atoms with van der Waals surface area (Å²) < 4.78 is 1.56. The van der Waals surface area contributed by atoms with Crippen LogP contribution in [0.3, 0.4) is 0 Å². The van der Waals surface area contributed by atoms with Crippen molar-refractivity contribution in [3.05, 3.63) is 76.9 Å². The van der Waals surface area contributed by atoms with E-state index in [2.05, 4.69) is 29.6 Å². The van der Waals surface area contributed by atoms with Crippen LogP contribution in [-0.2, 0) is 17.7 Å². The van der Waals surface area contributed by atoms with Gasteiger partial charge >= 0.3 is 0 Å². The number of rotatable bonds is 3. The van der Waals surface area contributed by atoms with Gasteiger partial charge in [-0.1, -0.05) is 54.2 Å². The summed E-state index contributed by atoms with van der Waals surface area (Å²) in [6.45, 7) is 2.11. The van der Waals surface area contributed by atoms with Crippen LogP contribution in [0.4, 0.5) is 0 Å². The van der Waals surface area contributed by atoms with Crippen LogP contribution in [0.1, 0.15) is 42.0 Å². The first-order chi connectivity index (χ1) is 14.1. The van der Waals surface area contributed by atoms with Crippen molar-refractivity contribution < 1.29 is 10.2 Å². The number of fused-ring (bicyclic) bond motifs is 1. The molecule has 2 aliphatic rings. The van der Waals surface area contributed by atoms with Gasteiger partial charge in [0, 0.05) is 16.7 Å². The van der Waals surface area contributed by atoms with E-state index in [9.17, 15) is 10.2 Å². The predicted octanol–water partition coefficient (Wildman–Crippen LogP) is 4.64. The van der Waals surface area contributed by atoms with E-state index in [0.717, 1.165) is 58.7 Å². The van der Waals surface area contributed by atoms with Crippen LogP contribution >= 0.6 is 11.8 Å². The molecule has 5 rings (SSSR count). The highest BCUT2D eigenvalue weighted by Crippen LogP contribution is 2.43. The average Bonchev–Trinajstić information content (AvgIpc) is 3.28. The molecule has 0 bridgehead atoms. The quantitative estimate of drug-likeness (QED) is 0.594. The van der Waals surface area contributed by atoms with Gasteiger partial charge in [-0.25, -0.2) is 0 Å². The van der Waals surface area contributed by atoms with Crippen molar-refractivity contribution in [2.45, 2.75) is 37.5 Å². The Labute approximate surface area is 174 Å². The zero-order chi connectivity index (χ0) is 20.0. The third-order valence-electron chi connectivity index (χ3n) is 5.80. The number of benzene rings is 2. The van der Waals surface area contributed by atoms with E-state index in [-0.39, 0.29) is 16.6 Å². The number of hydrogen-bond donors (Lipinski definition) is 3. The third kappa shape index (κ3) is 2.99. The van der Waals surface area contributed by atoms with Gasteiger partial charge in [0.25, 0.3) is 0 Å². The average molecular weight is 406 g/mol. The van der Waals surface area contributed by atoms with Crippen molar-refractivity contribution in [2.75, 3.05) is 0 Å². The van der Waals surface area contributed by atoms with Gasteiger partial charge in [0.2, 0.25) is 11.8 Å². The number of thioether (sulfide) groups is 1. The highest BCUT2D eigenvalue weighted by Gasteiger charge is 2.34. The van der Waals surface area contributed by atoms with E-state index in [0.29, 0.717) is 0 Å². The van der Waals surface area contributed by atoms with Crippen molar-refractivity contribution in [2.24, 2.45) is 5.10 Å². The smallest absolute Gasteiger partial charge is 0.202 e. The lowest BCUT2D eigenvalue weighted by Crippen LogP contribution is -2.28. The number of hydrazone groups is 1. The molecule has 0 fully saturated rings. The Kier molecular flexibility index (Phi) is 4.32. The van der Waals surface area contributed by atoms with Gasteiger partial charge in [-0.3, -0.25) is 9.99 Å². The number of aromatic hydroxyl groups is 2. The van der Waals surface area contributed by atoms with Crippen LogP contribution in [0.2, 0.25) is 0 Å². The van der Waals surface area contributed by atoms with E-state index in [1.807, 2.05) is 42.5 Å². The van der Waals surface area contributed by atoms with Crippen LogP contribution in [0, 0.1) is 0 Å². The van der Waals surface area contributed by atoms with E-state index < -0.39 is 0 Å². The largest absolute Gasteiger partial charge is 0.494 e. The third-order valence-corrected chi connectivity index (χ3v) is 7.06. The summed E-state index contributed by atoms with van der Waals surface area (Å²) in [6.07, 6.45) is 3.73. The Balaban J connectivity index is 1.43. The van der Waals surface area contributed by atoms with Gasteiger partial charge in [-0.15, -0.1) is 0 Å². The maximum absolute atomic E-state index is 10.7. The lowest BCUT2D eigenvalue weighted by Gasteiger charge is -2.23. The topological polar surface area (TPSA) is 69.8 Å². The van der Waals surface area contributed by atoms with Crippen LogP contribution in [-0.4, -0.2) is 19.8 Å². The Bertz CT molecular complexity index is 1060. The zero-order valence-corrected chi connectivity index (χ0v) is 17.0. The molecule has 1 aromatic heterocycles. The van der Waals surface area contributed by atoms with Crippen LogP contribution in [0.25, 0.3) is 5.69 Å². The van der Waals surface area contributed by atoms with Crippen LogP contribution in [0.15, 0.2) is 59.7 Å². The van der Waals surface area contributed by atoms with Crippen molar-refractivity contribution in [1.29, 1.82) is 0 Å². The van der Waals surface area contributed by atoms with Gasteiger partial charge < -0.3 is 10.2 Å². The molecule has 1 aliphatic carbocycles. The second-order valence-corrected chi connectivity index (χ2v) is 9.13. The van der Waals surface area contributed by atoms with Gasteiger partial charge in [-0.05, 0) is 50.3 Å². The van der Waals surface area contributed by atoms with Crippen LogP contribution in [0.5, 0.6) is 11.8 Å². The molecule has 3 aromatic rings. The minimum Gasteiger partial charge on any atom is -0.494 e. The first-order valence-electron chi connectivity index (χ1n) is 9.91. The molecular weight excluding hydrogens is 382 g/mol. The molecule has 3 N–H and O–H groups in total. The van der Waals surface area contributed by atoms with Crippen molar-refractivity contribution in [3.8, 4) is 17.4 Å². The lowest BCUT2D eigenvalue weighted by molar-refractivity contribution is 0.399. The number of nitrogens with one attached hydrogen (secondary N) is 1. The molecule has 6 heteroatoms. The van der Waals surface area contributed by atoms with E-state index in [4.69, 9.17) is 0 Å². The summed E-state index contributed by atoms with van der Waals surface area (Å²) in [6, 6.07) is 18.1. The highest BCUT2D eigenvalue weighted by atomic mass is 32.2. The highest BCUT2D eigenvalue weighted by molar-refractivity contribution is 8.15. The maximum atomic E-state index is 10.7. The number of nitrogens with zero attached hydrogens (tertiary/aromatic N) is 2. The molecule has 1 atom stereocenters. The Morgan fingerprint density at radius 1 is 0.931 bits per heavy atom. The van der Waals surface area contributed by atoms with E-state index >= 15 is 0 Å². The molecule has 0 saturated heterocycles. The molecule has 1 unspecified atom stereocenters. The van der Waals surface area contributed by atoms with Gasteiger partial charge in [0.1, 0.15) is 9.91 Å².